The van der Waals surface area contributed by atoms with E-state index in [1.807, 2.05) is 6.92 Å². The Morgan fingerprint density at radius 1 is 1.25 bits per heavy atom. The number of rotatable bonds is 6. The molecule has 0 heterocycles. The Morgan fingerprint density at radius 2 is 1.95 bits per heavy atom. The van der Waals surface area contributed by atoms with E-state index in [9.17, 15) is 13.5 Å². The molecular weight excluding hydrogens is 274 g/mol. The van der Waals surface area contributed by atoms with Crippen molar-refractivity contribution in [1.82, 2.24) is 0 Å². The van der Waals surface area contributed by atoms with Crippen molar-refractivity contribution >= 4 is 15.5 Å². The first-order valence-corrected chi connectivity index (χ1v) is 8.93. The summed E-state index contributed by atoms with van der Waals surface area (Å²) < 4.78 is 23.8. The number of hydrogen-bond acceptors (Lipinski definition) is 4. The van der Waals surface area contributed by atoms with E-state index in [1.165, 1.54) is 0 Å². The third-order valence-electron chi connectivity index (χ3n) is 3.87. The van der Waals surface area contributed by atoms with Gasteiger partial charge in [-0.3, -0.25) is 0 Å². The molecule has 1 aliphatic rings. The Kier molecular flexibility index (Phi) is 5.05. The summed E-state index contributed by atoms with van der Waals surface area (Å²) >= 11 is 0. The lowest BCUT2D eigenvalue weighted by Gasteiger charge is -2.16. The standard InChI is InChI=1S/C15H23NO3S/c1-2-10-20(18,19)14-8-6-13(7-9-14)16-11-12-4-3-5-15(12)17/h6-9,12,15-17H,2-5,10-11H2,1H3. The van der Waals surface area contributed by atoms with Crippen LogP contribution < -0.4 is 5.32 Å². The van der Waals surface area contributed by atoms with Gasteiger partial charge in [0.05, 0.1) is 16.8 Å². The molecule has 0 radical (unpaired) electrons. The van der Waals surface area contributed by atoms with Crippen LogP contribution in [-0.2, 0) is 9.84 Å². The SMILES string of the molecule is CCCS(=O)(=O)c1ccc(NCC2CCCC2O)cc1. The summed E-state index contributed by atoms with van der Waals surface area (Å²) in [6.07, 6.45) is 3.45. The second-order valence-electron chi connectivity index (χ2n) is 5.48. The van der Waals surface area contributed by atoms with Crippen LogP contribution in [0.15, 0.2) is 29.2 Å². The lowest BCUT2D eigenvalue weighted by molar-refractivity contribution is 0.138. The molecule has 1 aliphatic carbocycles. The Balaban J connectivity index is 1.95. The van der Waals surface area contributed by atoms with Crippen LogP contribution in [0.2, 0.25) is 0 Å². The van der Waals surface area contributed by atoms with Crippen molar-refractivity contribution in [2.24, 2.45) is 5.92 Å². The zero-order chi connectivity index (χ0) is 14.6. The maximum absolute atomic E-state index is 11.9. The lowest BCUT2D eigenvalue weighted by Crippen LogP contribution is -2.21. The minimum Gasteiger partial charge on any atom is -0.393 e. The molecule has 1 saturated carbocycles. The van der Waals surface area contributed by atoms with Crippen LogP contribution in [0.1, 0.15) is 32.6 Å². The Labute approximate surface area is 121 Å². The van der Waals surface area contributed by atoms with Gasteiger partial charge in [-0.15, -0.1) is 0 Å². The molecule has 1 aromatic rings. The number of sulfone groups is 1. The summed E-state index contributed by atoms with van der Waals surface area (Å²) in [6, 6.07) is 6.89. The molecule has 0 bridgehead atoms. The maximum Gasteiger partial charge on any atom is 0.178 e. The van der Waals surface area contributed by atoms with Gasteiger partial charge >= 0.3 is 0 Å². The fourth-order valence-corrected chi connectivity index (χ4v) is 3.99. The fourth-order valence-electron chi connectivity index (χ4n) is 2.67. The summed E-state index contributed by atoms with van der Waals surface area (Å²) in [5.41, 5.74) is 0.902. The van der Waals surface area contributed by atoms with E-state index in [-0.39, 0.29) is 11.9 Å². The van der Waals surface area contributed by atoms with Gasteiger partial charge in [0.15, 0.2) is 9.84 Å². The van der Waals surface area contributed by atoms with Gasteiger partial charge in [-0.2, -0.15) is 0 Å². The van der Waals surface area contributed by atoms with Crippen LogP contribution in [0.3, 0.4) is 0 Å². The monoisotopic (exact) mass is 297 g/mol. The van der Waals surface area contributed by atoms with E-state index >= 15 is 0 Å². The number of aliphatic hydroxyl groups is 1. The first kappa shape index (κ1) is 15.3. The highest BCUT2D eigenvalue weighted by Crippen LogP contribution is 2.26. The normalized spacial score (nSPS) is 22.9. The Hall–Kier alpha value is -1.07. The van der Waals surface area contributed by atoms with Gasteiger partial charge in [0, 0.05) is 18.2 Å². The molecule has 0 aliphatic heterocycles. The summed E-state index contributed by atoms with van der Waals surface area (Å²) in [7, 11) is -3.13. The van der Waals surface area contributed by atoms with E-state index < -0.39 is 9.84 Å². The van der Waals surface area contributed by atoms with Crippen LogP contribution in [0, 0.1) is 5.92 Å². The highest BCUT2D eigenvalue weighted by Gasteiger charge is 2.24. The molecule has 2 rings (SSSR count). The van der Waals surface area contributed by atoms with Gasteiger partial charge in [0.25, 0.3) is 0 Å². The zero-order valence-corrected chi connectivity index (χ0v) is 12.7. The molecule has 2 N–H and O–H groups in total. The van der Waals surface area contributed by atoms with Crippen LogP contribution in [0.25, 0.3) is 0 Å². The average molecular weight is 297 g/mol. The van der Waals surface area contributed by atoms with E-state index in [0.717, 1.165) is 31.5 Å². The van der Waals surface area contributed by atoms with Crippen molar-refractivity contribution in [3.63, 3.8) is 0 Å². The van der Waals surface area contributed by atoms with E-state index in [2.05, 4.69) is 5.32 Å². The number of anilines is 1. The summed E-state index contributed by atoms with van der Waals surface area (Å²) in [4.78, 5) is 0.380. The van der Waals surface area contributed by atoms with Crippen LogP contribution in [-0.4, -0.2) is 31.9 Å². The minimum absolute atomic E-state index is 0.189. The van der Waals surface area contributed by atoms with Crippen LogP contribution in [0.5, 0.6) is 0 Å². The molecule has 1 fully saturated rings. The van der Waals surface area contributed by atoms with Crippen molar-refractivity contribution in [3.8, 4) is 0 Å². The third kappa shape index (κ3) is 3.73. The topological polar surface area (TPSA) is 66.4 Å². The van der Waals surface area contributed by atoms with Crippen LogP contribution in [0.4, 0.5) is 5.69 Å². The van der Waals surface area contributed by atoms with Crippen molar-refractivity contribution in [2.45, 2.75) is 43.6 Å². The predicted octanol–water partition coefficient (Wildman–Crippen LogP) is 2.44. The second kappa shape index (κ2) is 6.59. The van der Waals surface area contributed by atoms with Gasteiger partial charge in [-0.1, -0.05) is 13.3 Å². The van der Waals surface area contributed by atoms with Gasteiger partial charge in [-0.05, 0) is 43.5 Å². The van der Waals surface area contributed by atoms with E-state index in [0.29, 0.717) is 17.2 Å². The fraction of sp³-hybridized carbons (Fsp3) is 0.600. The van der Waals surface area contributed by atoms with Crippen molar-refractivity contribution in [1.29, 1.82) is 0 Å². The molecule has 112 valence electrons. The molecule has 20 heavy (non-hydrogen) atoms. The van der Waals surface area contributed by atoms with Crippen molar-refractivity contribution < 1.29 is 13.5 Å². The second-order valence-corrected chi connectivity index (χ2v) is 7.59. The molecule has 1 aromatic carbocycles. The average Bonchev–Trinajstić information content (AvgIpc) is 2.82. The van der Waals surface area contributed by atoms with Crippen molar-refractivity contribution in [3.05, 3.63) is 24.3 Å². The largest absolute Gasteiger partial charge is 0.393 e. The summed E-state index contributed by atoms with van der Waals surface area (Å²) in [6.45, 7) is 2.60. The summed E-state index contributed by atoms with van der Waals surface area (Å²) in [5, 5.41) is 13.0. The molecule has 0 aromatic heterocycles. The first-order valence-electron chi connectivity index (χ1n) is 7.27. The van der Waals surface area contributed by atoms with Gasteiger partial charge in [0.2, 0.25) is 0 Å². The molecular formula is C15H23NO3S. The number of benzene rings is 1. The minimum atomic E-state index is -3.13. The Bertz CT molecular complexity index is 525. The number of nitrogens with one attached hydrogen (secondary N) is 1. The molecule has 2 atom stereocenters. The smallest absolute Gasteiger partial charge is 0.178 e. The van der Waals surface area contributed by atoms with Gasteiger partial charge < -0.3 is 10.4 Å². The molecule has 4 nitrogen and oxygen atoms in total. The maximum atomic E-state index is 11.9. The predicted molar refractivity (Wildman–Crippen MR) is 80.6 cm³/mol. The zero-order valence-electron chi connectivity index (χ0n) is 11.9. The quantitative estimate of drug-likeness (QED) is 0.846. The lowest BCUT2D eigenvalue weighted by atomic mass is 10.1. The molecule has 2 unspecified atom stereocenters. The highest BCUT2D eigenvalue weighted by molar-refractivity contribution is 7.91. The molecule has 0 spiro atoms. The highest BCUT2D eigenvalue weighted by atomic mass is 32.2. The molecule has 5 heteroatoms. The third-order valence-corrected chi connectivity index (χ3v) is 5.81. The molecule has 0 saturated heterocycles. The van der Waals surface area contributed by atoms with Crippen molar-refractivity contribution in [2.75, 3.05) is 17.6 Å². The number of aliphatic hydroxyl groups excluding tert-OH is 1. The number of hydrogen-bond donors (Lipinski definition) is 2. The summed E-state index contributed by atoms with van der Waals surface area (Å²) in [5.74, 6) is 0.493. The van der Waals surface area contributed by atoms with Gasteiger partial charge in [0.1, 0.15) is 0 Å². The van der Waals surface area contributed by atoms with Gasteiger partial charge in [-0.25, -0.2) is 8.42 Å². The Morgan fingerprint density at radius 3 is 2.50 bits per heavy atom. The van der Waals surface area contributed by atoms with E-state index in [1.54, 1.807) is 24.3 Å². The molecule has 0 amide bonds. The van der Waals surface area contributed by atoms with Crippen LogP contribution >= 0.6 is 0 Å². The van der Waals surface area contributed by atoms with E-state index in [4.69, 9.17) is 0 Å². The first-order chi connectivity index (χ1) is 9.53.